The van der Waals surface area contributed by atoms with Crippen molar-refractivity contribution in [1.29, 1.82) is 0 Å². The highest BCUT2D eigenvalue weighted by atomic mass is 79.9. The zero-order valence-electron chi connectivity index (χ0n) is 9.45. The Balaban J connectivity index is 2.43. The van der Waals surface area contributed by atoms with Gasteiger partial charge in [0.15, 0.2) is 6.29 Å². The summed E-state index contributed by atoms with van der Waals surface area (Å²) >= 11 is 9.28. The number of nitrogens with zero attached hydrogens (tertiary/aromatic N) is 2. The van der Waals surface area contributed by atoms with Crippen molar-refractivity contribution in [3.05, 3.63) is 45.3 Å². The molecule has 0 radical (unpaired) electrons. The van der Waals surface area contributed by atoms with Gasteiger partial charge >= 0.3 is 0 Å². The van der Waals surface area contributed by atoms with Crippen LogP contribution in [0.3, 0.4) is 0 Å². The van der Waals surface area contributed by atoms with Crippen LogP contribution in [-0.4, -0.2) is 16.3 Å². The van der Waals surface area contributed by atoms with E-state index in [1.54, 1.807) is 0 Å². The molecule has 18 heavy (non-hydrogen) atoms. The van der Waals surface area contributed by atoms with Gasteiger partial charge in [-0.25, -0.2) is 9.97 Å². The maximum Gasteiger partial charge on any atom is 0.156 e. The van der Waals surface area contributed by atoms with Crippen molar-refractivity contribution in [3.8, 4) is 0 Å². The van der Waals surface area contributed by atoms with Gasteiger partial charge in [-0.05, 0) is 24.6 Å². The second kappa shape index (κ2) is 5.46. The molecule has 0 aliphatic heterocycles. The number of halogens is 2. The van der Waals surface area contributed by atoms with Gasteiger partial charge in [0.05, 0.1) is 5.56 Å². The number of rotatable bonds is 3. The summed E-state index contributed by atoms with van der Waals surface area (Å²) in [5, 5.41) is 3.21. The topological polar surface area (TPSA) is 54.9 Å². The third-order valence-corrected chi connectivity index (χ3v) is 3.63. The SMILES string of the molecule is Cc1c(Br)cccc1Nc1ncnc(Cl)c1C=O. The summed E-state index contributed by atoms with van der Waals surface area (Å²) in [4.78, 5) is 18.8. The molecule has 6 heteroatoms. The molecule has 0 bridgehead atoms. The molecule has 2 aromatic rings. The second-order valence-electron chi connectivity index (χ2n) is 3.58. The molecule has 0 saturated carbocycles. The Morgan fingerprint density at radius 2 is 2.17 bits per heavy atom. The predicted molar refractivity (Wildman–Crippen MR) is 74.6 cm³/mol. The van der Waals surface area contributed by atoms with Crippen molar-refractivity contribution in [2.75, 3.05) is 5.32 Å². The van der Waals surface area contributed by atoms with E-state index in [0.29, 0.717) is 12.1 Å². The minimum Gasteiger partial charge on any atom is -0.339 e. The average molecular weight is 327 g/mol. The van der Waals surface area contributed by atoms with E-state index in [-0.39, 0.29) is 10.7 Å². The molecule has 1 aromatic carbocycles. The van der Waals surface area contributed by atoms with Crippen molar-refractivity contribution in [1.82, 2.24) is 9.97 Å². The first kappa shape index (κ1) is 13.0. The molecular formula is C12H9BrClN3O. The lowest BCUT2D eigenvalue weighted by molar-refractivity contribution is 0.112. The second-order valence-corrected chi connectivity index (χ2v) is 4.79. The Bertz CT molecular complexity index is 604. The van der Waals surface area contributed by atoms with Crippen LogP contribution in [0.15, 0.2) is 29.0 Å². The molecule has 1 N–H and O–H groups in total. The summed E-state index contributed by atoms with van der Waals surface area (Å²) in [6, 6.07) is 5.72. The summed E-state index contributed by atoms with van der Waals surface area (Å²) in [6.45, 7) is 1.95. The Morgan fingerprint density at radius 3 is 2.89 bits per heavy atom. The van der Waals surface area contributed by atoms with Gasteiger partial charge in [-0.1, -0.05) is 33.6 Å². The highest BCUT2D eigenvalue weighted by molar-refractivity contribution is 9.10. The summed E-state index contributed by atoms with van der Waals surface area (Å²) < 4.78 is 0.973. The molecule has 0 aliphatic carbocycles. The molecule has 0 aliphatic rings. The number of aldehydes is 1. The Labute approximate surface area is 118 Å². The standard InChI is InChI=1S/C12H9BrClN3O/c1-7-9(13)3-2-4-10(7)17-12-8(5-18)11(14)15-6-16-12/h2-6H,1H3,(H,15,16,17). The summed E-state index contributed by atoms with van der Waals surface area (Å²) in [5.74, 6) is 0.395. The first-order valence-corrected chi connectivity index (χ1v) is 6.28. The van der Waals surface area contributed by atoms with Gasteiger partial charge in [-0.2, -0.15) is 0 Å². The fraction of sp³-hybridized carbons (Fsp3) is 0.0833. The summed E-state index contributed by atoms with van der Waals surface area (Å²) in [6.07, 6.45) is 1.95. The fourth-order valence-electron chi connectivity index (χ4n) is 1.45. The lowest BCUT2D eigenvalue weighted by atomic mass is 10.2. The molecule has 0 saturated heterocycles. The van der Waals surface area contributed by atoms with E-state index in [1.807, 2.05) is 25.1 Å². The third-order valence-electron chi connectivity index (χ3n) is 2.47. The maximum atomic E-state index is 11.0. The molecule has 0 spiro atoms. The first-order valence-electron chi connectivity index (χ1n) is 5.11. The van der Waals surface area contributed by atoms with Gasteiger partial charge in [-0.3, -0.25) is 4.79 Å². The summed E-state index contributed by atoms with van der Waals surface area (Å²) in [7, 11) is 0. The van der Waals surface area contributed by atoms with Crippen molar-refractivity contribution in [2.45, 2.75) is 6.92 Å². The summed E-state index contributed by atoms with van der Waals surface area (Å²) in [5.41, 5.74) is 2.12. The number of aromatic nitrogens is 2. The van der Waals surface area contributed by atoms with Crippen LogP contribution in [0.25, 0.3) is 0 Å². The highest BCUT2D eigenvalue weighted by Crippen LogP contribution is 2.27. The Morgan fingerprint density at radius 1 is 1.39 bits per heavy atom. The van der Waals surface area contributed by atoms with Crippen molar-refractivity contribution in [2.24, 2.45) is 0 Å². The smallest absolute Gasteiger partial charge is 0.156 e. The Kier molecular flexibility index (Phi) is 3.93. The van der Waals surface area contributed by atoms with Crippen molar-refractivity contribution < 1.29 is 4.79 Å². The highest BCUT2D eigenvalue weighted by Gasteiger charge is 2.10. The molecule has 92 valence electrons. The lowest BCUT2D eigenvalue weighted by Crippen LogP contribution is -2.01. The molecule has 1 aromatic heterocycles. The minimum absolute atomic E-state index is 0.134. The van der Waals surface area contributed by atoms with Crippen LogP contribution in [0.5, 0.6) is 0 Å². The molecule has 4 nitrogen and oxygen atoms in total. The number of hydrogen-bond donors (Lipinski definition) is 1. The van der Waals surface area contributed by atoms with Crippen LogP contribution in [0.2, 0.25) is 5.15 Å². The third kappa shape index (κ3) is 2.52. The van der Waals surface area contributed by atoms with Gasteiger partial charge in [0.25, 0.3) is 0 Å². The minimum atomic E-state index is 0.134. The van der Waals surface area contributed by atoms with Crippen LogP contribution in [0.1, 0.15) is 15.9 Å². The molecule has 0 atom stereocenters. The van der Waals surface area contributed by atoms with Crippen LogP contribution in [0, 0.1) is 6.92 Å². The zero-order chi connectivity index (χ0) is 13.1. The number of carbonyl (C=O) groups excluding carboxylic acids is 1. The van der Waals surface area contributed by atoms with E-state index in [9.17, 15) is 4.79 Å². The van der Waals surface area contributed by atoms with Gasteiger partial charge in [0, 0.05) is 10.2 Å². The van der Waals surface area contributed by atoms with Crippen LogP contribution in [0.4, 0.5) is 11.5 Å². The van der Waals surface area contributed by atoms with Gasteiger partial charge < -0.3 is 5.32 Å². The van der Waals surface area contributed by atoms with E-state index in [2.05, 4.69) is 31.2 Å². The van der Waals surface area contributed by atoms with Crippen LogP contribution < -0.4 is 5.32 Å². The molecule has 0 amide bonds. The zero-order valence-corrected chi connectivity index (χ0v) is 11.8. The number of nitrogens with one attached hydrogen (secondary N) is 1. The van der Waals surface area contributed by atoms with E-state index < -0.39 is 0 Å². The number of anilines is 2. The Hall–Kier alpha value is -1.46. The average Bonchev–Trinajstić information content (AvgIpc) is 2.35. The van der Waals surface area contributed by atoms with Crippen molar-refractivity contribution in [3.63, 3.8) is 0 Å². The largest absolute Gasteiger partial charge is 0.339 e. The van der Waals surface area contributed by atoms with E-state index in [0.717, 1.165) is 15.7 Å². The number of benzene rings is 1. The number of carbonyl (C=O) groups is 1. The fourth-order valence-corrected chi connectivity index (χ4v) is 1.99. The first-order chi connectivity index (χ1) is 8.63. The van der Waals surface area contributed by atoms with E-state index in [1.165, 1.54) is 6.33 Å². The molecule has 1 heterocycles. The van der Waals surface area contributed by atoms with Gasteiger partial charge in [0.2, 0.25) is 0 Å². The molecule has 2 rings (SSSR count). The van der Waals surface area contributed by atoms with Crippen molar-refractivity contribution >= 4 is 45.3 Å². The normalized spacial score (nSPS) is 10.2. The van der Waals surface area contributed by atoms with E-state index >= 15 is 0 Å². The van der Waals surface area contributed by atoms with Crippen LogP contribution >= 0.6 is 27.5 Å². The lowest BCUT2D eigenvalue weighted by Gasteiger charge is -2.11. The maximum absolute atomic E-state index is 11.0. The molecular weight excluding hydrogens is 318 g/mol. The quantitative estimate of drug-likeness (QED) is 0.689. The van der Waals surface area contributed by atoms with Crippen LogP contribution in [-0.2, 0) is 0 Å². The molecule has 0 fully saturated rings. The number of hydrogen-bond acceptors (Lipinski definition) is 4. The molecule has 0 unspecified atom stereocenters. The monoisotopic (exact) mass is 325 g/mol. The van der Waals surface area contributed by atoms with E-state index in [4.69, 9.17) is 11.6 Å². The van der Waals surface area contributed by atoms with Gasteiger partial charge in [0.1, 0.15) is 17.3 Å². The van der Waals surface area contributed by atoms with Gasteiger partial charge in [-0.15, -0.1) is 0 Å². The predicted octanol–water partition coefficient (Wildman–Crippen LogP) is 3.76.